The lowest BCUT2D eigenvalue weighted by Crippen LogP contribution is -2.03. The Morgan fingerprint density at radius 2 is 1.77 bits per heavy atom. The SMILES string of the molecule is CCCn1c(O)c2cccnc2c1Cc1ccc(-c2ccccc2-c2nn[nH]n2)cc1. The van der Waals surface area contributed by atoms with Crippen LogP contribution in [0.4, 0.5) is 0 Å². The van der Waals surface area contributed by atoms with E-state index in [-0.39, 0.29) is 0 Å². The van der Waals surface area contributed by atoms with Gasteiger partial charge in [-0.05, 0) is 40.5 Å². The van der Waals surface area contributed by atoms with Crippen molar-refractivity contribution in [3.63, 3.8) is 0 Å². The number of aromatic nitrogens is 6. The summed E-state index contributed by atoms with van der Waals surface area (Å²) >= 11 is 0. The number of benzene rings is 2. The van der Waals surface area contributed by atoms with E-state index in [1.54, 1.807) is 6.20 Å². The molecule has 0 unspecified atom stereocenters. The van der Waals surface area contributed by atoms with Crippen LogP contribution in [-0.4, -0.2) is 35.3 Å². The molecule has 0 aliphatic carbocycles. The van der Waals surface area contributed by atoms with Crippen molar-refractivity contribution >= 4 is 10.9 Å². The molecule has 0 spiro atoms. The normalized spacial score (nSPS) is 11.3. The van der Waals surface area contributed by atoms with E-state index in [1.165, 1.54) is 0 Å². The molecule has 7 heteroatoms. The van der Waals surface area contributed by atoms with Gasteiger partial charge >= 0.3 is 0 Å². The highest BCUT2D eigenvalue weighted by molar-refractivity contribution is 5.87. The first-order chi connectivity index (χ1) is 15.3. The van der Waals surface area contributed by atoms with Gasteiger partial charge in [0.1, 0.15) is 0 Å². The van der Waals surface area contributed by atoms with Gasteiger partial charge in [-0.25, -0.2) is 0 Å². The Morgan fingerprint density at radius 3 is 2.52 bits per heavy atom. The maximum Gasteiger partial charge on any atom is 0.205 e. The molecule has 154 valence electrons. The van der Waals surface area contributed by atoms with E-state index in [9.17, 15) is 5.11 Å². The molecule has 0 saturated carbocycles. The third kappa shape index (κ3) is 3.44. The molecule has 0 radical (unpaired) electrons. The van der Waals surface area contributed by atoms with E-state index in [0.717, 1.165) is 51.8 Å². The molecule has 0 atom stereocenters. The largest absolute Gasteiger partial charge is 0.494 e. The number of hydrogen-bond acceptors (Lipinski definition) is 5. The number of aromatic hydroxyl groups is 1. The Hall–Kier alpha value is -4.00. The lowest BCUT2D eigenvalue weighted by molar-refractivity contribution is 0.416. The summed E-state index contributed by atoms with van der Waals surface area (Å²) in [6.07, 6.45) is 3.41. The summed E-state index contributed by atoms with van der Waals surface area (Å²) in [7, 11) is 0. The minimum absolute atomic E-state index is 0.297. The molecule has 5 rings (SSSR count). The number of tetrazole rings is 1. The fourth-order valence-corrected chi connectivity index (χ4v) is 4.06. The van der Waals surface area contributed by atoms with Gasteiger partial charge < -0.3 is 9.67 Å². The Kier molecular flexibility index (Phi) is 4.92. The summed E-state index contributed by atoms with van der Waals surface area (Å²) in [5.41, 5.74) is 6.12. The van der Waals surface area contributed by atoms with Crippen LogP contribution in [0.3, 0.4) is 0 Å². The highest BCUT2D eigenvalue weighted by Crippen LogP contribution is 2.33. The molecule has 0 aliphatic rings. The molecule has 31 heavy (non-hydrogen) atoms. The van der Waals surface area contributed by atoms with Crippen molar-refractivity contribution in [1.82, 2.24) is 30.2 Å². The topological polar surface area (TPSA) is 92.5 Å². The van der Waals surface area contributed by atoms with Gasteiger partial charge in [0.05, 0.1) is 16.6 Å². The van der Waals surface area contributed by atoms with Crippen molar-refractivity contribution in [3.8, 4) is 28.4 Å². The average molecular weight is 410 g/mol. The number of H-pyrrole nitrogens is 1. The first kappa shape index (κ1) is 19.0. The third-order valence-electron chi connectivity index (χ3n) is 5.50. The van der Waals surface area contributed by atoms with Gasteiger partial charge in [0.25, 0.3) is 0 Å². The van der Waals surface area contributed by atoms with E-state index in [2.05, 4.69) is 62.9 Å². The fourth-order valence-electron chi connectivity index (χ4n) is 4.06. The zero-order chi connectivity index (χ0) is 21.2. The van der Waals surface area contributed by atoms with E-state index in [0.29, 0.717) is 18.1 Å². The van der Waals surface area contributed by atoms with Crippen molar-refractivity contribution in [2.24, 2.45) is 0 Å². The number of fused-ring (bicyclic) bond motifs is 1. The summed E-state index contributed by atoms with van der Waals surface area (Å²) in [5.74, 6) is 0.871. The second-order valence-electron chi connectivity index (χ2n) is 7.48. The van der Waals surface area contributed by atoms with E-state index in [4.69, 9.17) is 0 Å². The van der Waals surface area contributed by atoms with Crippen LogP contribution in [-0.2, 0) is 13.0 Å². The highest BCUT2D eigenvalue weighted by Gasteiger charge is 2.17. The van der Waals surface area contributed by atoms with E-state index < -0.39 is 0 Å². The van der Waals surface area contributed by atoms with Crippen LogP contribution in [0, 0.1) is 0 Å². The van der Waals surface area contributed by atoms with Crippen LogP contribution < -0.4 is 0 Å². The smallest absolute Gasteiger partial charge is 0.205 e. The first-order valence-corrected chi connectivity index (χ1v) is 10.3. The third-order valence-corrected chi connectivity index (χ3v) is 5.50. The van der Waals surface area contributed by atoms with Crippen LogP contribution in [0.2, 0.25) is 0 Å². The molecule has 0 amide bonds. The van der Waals surface area contributed by atoms with Crippen molar-refractivity contribution in [3.05, 3.63) is 78.1 Å². The van der Waals surface area contributed by atoms with E-state index >= 15 is 0 Å². The Morgan fingerprint density at radius 1 is 0.968 bits per heavy atom. The number of rotatable bonds is 6. The Labute approximate surface area is 179 Å². The predicted molar refractivity (Wildman–Crippen MR) is 120 cm³/mol. The van der Waals surface area contributed by atoms with Crippen molar-refractivity contribution in [2.45, 2.75) is 26.3 Å². The van der Waals surface area contributed by atoms with E-state index in [1.807, 2.05) is 34.9 Å². The molecule has 2 N–H and O–H groups in total. The average Bonchev–Trinajstić information content (AvgIpc) is 3.44. The zero-order valence-electron chi connectivity index (χ0n) is 17.2. The lowest BCUT2D eigenvalue weighted by Gasteiger charge is -2.11. The second kappa shape index (κ2) is 8.02. The Balaban J connectivity index is 1.50. The molecule has 5 aromatic rings. The second-order valence-corrected chi connectivity index (χ2v) is 7.48. The molecule has 3 aromatic heterocycles. The Bertz CT molecular complexity index is 1320. The summed E-state index contributed by atoms with van der Waals surface area (Å²) in [4.78, 5) is 4.54. The van der Waals surface area contributed by atoms with Crippen molar-refractivity contribution < 1.29 is 5.11 Å². The summed E-state index contributed by atoms with van der Waals surface area (Å²) < 4.78 is 1.98. The van der Waals surface area contributed by atoms with Gasteiger partial charge in [-0.2, -0.15) is 5.21 Å². The minimum Gasteiger partial charge on any atom is -0.494 e. The summed E-state index contributed by atoms with van der Waals surface area (Å²) in [6.45, 7) is 2.87. The molecule has 0 saturated heterocycles. The lowest BCUT2D eigenvalue weighted by atomic mass is 9.97. The number of pyridine rings is 1. The first-order valence-electron chi connectivity index (χ1n) is 10.3. The van der Waals surface area contributed by atoms with Gasteiger partial charge in [0.2, 0.25) is 11.7 Å². The zero-order valence-corrected chi connectivity index (χ0v) is 17.2. The molecule has 0 fully saturated rings. The standard InChI is InChI=1S/C24H22N6O/c1-2-14-30-21(22-20(24(30)31)8-5-13-25-22)15-16-9-11-17(12-10-16)18-6-3-4-7-19(18)23-26-28-29-27-23/h3-13,31H,2,14-15H2,1H3,(H,26,27,28,29). The molecular formula is C24H22N6O. The fraction of sp³-hybridized carbons (Fsp3) is 0.167. The minimum atomic E-state index is 0.297. The number of aromatic amines is 1. The quantitative estimate of drug-likeness (QED) is 0.427. The maximum absolute atomic E-state index is 10.7. The maximum atomic E-state index is 10.7. The molecule has 2 aromatic carbocycles. The van der Waals surface area contributed by atoms with Crippen LogP contribution in [0.5, 0.6) is 5.88 Å². The van der Waals surface area contributed by atoms with Crippen LogP contribution >= 0.6 is 0 Å². The van der Waals surface area contributed by atoms with Crippen LogP contribution in [0.15, 0.2) is 66.9 Å². The van der Waals surface area contributed by atoms with Gasteiger partial charge in [-0.1, -0.05) is 55.5 Å². The van der Waals surface area contributed by atoms with Gasteiger partial charge in [0, 0.05) is 24.7 Å². The predicted octanol–water partition coefficient (Wildman–Crippen LogP) is 4.59. The molecule has 0 bridgehead atoms. The monoisotopic (exact) mass is 410 g/mol. The van der Waals surface area contributed by atoms with Crippen molar-refractivity contribution in [1.29, 1.82) is 0 Å². The molecular weight excluding hydrogens is 388 g/mol. The van der Waals surface area contributed by atoms with Crippen LogP contribution in [0.25, 0.3) is 33.4 Å². The molecule has 0 aliphatic heterocycles. The number of nitrogens with zero attached hydrogens (tertiary/aromatic N) is 5. The van der Waals surface area contributed by atoms with Gasteiger partial charge in [-0.3, -0.25) is 4.98 Å². The number of nitrogens with one attached hydrogen (secondary N) is 1. The van der Waals surface area contributed by atoms with Crippen molar-refractivity contribution in [2.75, 3.05) is 0 Å². The summed E-state index contributed by atoms with van der Waals surface area (Å²) in [6, 6.07) is 20.3. The van der Waals surface area contributed by atoms with Gasteiger partial charge in [0.15, 0.2) is 0 Å². The van der Waals surface area contributed by atoms with Crippen LogP contribution in [0.1, 0.15) is 24.6 Å². The summed E-state index contributed by atoms with van der Waals surface area (Å²) in [5, 5.41) is 25.9. The number of hydrogen-bond donors (Lipinski definition) is 2. The molecule has 7 nitrogen and oxygen atoms in total. The molecule has 3 heterocycles. The van der Waals surface area contributed by atoms with Gasteiger partial charge in [-0.15, -0.1) is 10.2 Å². The highest BCUT2D eigenvalue weighted by atomic mass is 16.3.